The standard InChI is InChI=1S/C64H124O17P2/c1-6-9-12-15-17-19-21-23-24-26-30-35-40-45-50-64(69)81-60(54-75-62(67)48-43-38-33-31-27-28-32-37-41-46-57(4)5)56-79-83(72,73)77-52-58(65)51-76-82(70,71)78-55-59(53-74-61(66)47-42-36-14-11-8-3)80-63(68)49-44-39-34-29-25-22-20-18-16-13-10-7-2/h57-60,65H,6-56H2,1-5H3,(H,70,71)(H,72,73)/t58-,59+,60+/m0/s1. The molecule has 0 fully saturated rings. The van der Waals surface area contributed by atoms with Gasteiger partial charge in [0.25, 0.3) is 0 Å². The first-order valence-electron chi connectivity index (χ1n) is 33.6. The molecule has 19 heteroatoms. The van der Waals surface area contributed by atoms with Gasteiger partial charge in [-0.1, -0.05) is 272 Å². The quantitative estimate of drug-likeness (QED) is 0.0222. The van der Waals surface area contributed by atoms with Gasteiger partial charge in [0.15, 0.2) is 12.2 Å². The largest absolute Gasteiger partial charge is 0.472 e. The zero-order valence-corrected chi connectivity index (χ0v) is 55.1. The Morgan fingerprint density at radius 2 is 0.554 bits per heavy atom. The summed E-state index contributed by atoms with van der Waals surface area (Å²) in [6, 6.07) is 0. The fourth-order valence-electron chi connectivity index (χ4n) is 9.58. The second-order valence-corrected chi connectivity index (χ2v) is 26.5. The highest BCUT2D eigenvalue weighted by Crippen LogP contribution is 2.45. The third-order valence-corrected chi connectivity index (χ3v) is 16.7. The van der Waals surface area contributed by atoms with E-state index in [1.807, 2.05) is 0 Å². The Labute approximate surface area is 505 Å². The van der Waals surface area contributed by atoms with Crippen LogP contribution in [0.5, 0.6) is 0 Å². The van der Waals surface area contributed by atoms with Gasteiger partial charge in [0.1, 0.15) is 19.3 Å². The van der Waals surface area contributed by atoms with Crippen molar-refractivity contribution in [2.75, 3.05) is 39.6 Å². The highest BCUT2D eigenvalue weighted by molar-refractivity contribution is 7.47. The van der Waals surface area contributed by atoms with Crippen molar-refractivity contribution in [3.8, 4) is 0 Å². The van der Waals surface area contributed by atoms with Crippen LogP contribution in [0.1, 0.15) is 324 Å². The summed E-state index contributed by atoms with van der Waals surface area (Å²) in [5.74, 6) is -1.40. The number of aliphatic hydroxyl groups excluding tert-OH is 1. The Bertz CT molecular complexity index is 1620. The lowest BCUT2D eigenvalue weighted by Crippen LogP contribution is -2.30. The average Bonchev–Trinajstić information content (AvgIpc) is 3.48. The summed E-state index contributed by atoms with van der Waals surface area (Å²) >= 11 is 0. The molecule has 0 heterocycles. The first-order chi connectivity index (χ1) is 40.0. The van der Waals surface area contributed by atoms with Gasteiger partial charge in [-0.15, -0.1) is 0 Å². The van der Waals surface area contributed by atoms with Gasteiger partial charge in [-0.2, -0.15) is 0 Å². The molecule has 83 heavy (non-hydrogen) atoms. The van der Waals surface area contributed by atoms with E-state index in [9.17, 15) is 43.2 Å². The van der Waals surface area contributed by atoms with Crippen molar-refractivity contribution in [3.05, 3.63) is 0 Å². The maximum atomic E-state index is 13.0. The van der Waals surface area contributed by atoms with E-state index in [0.29, 0.717) is 25.7 Å². The van der Waals surface area contributed by atoms with E-state index in [0.717, 1.165) is 102 Å². The molecule has 0 amide bonds. The van der Waals surface area contributed by atoms with E-state index in [-0.39, 0.29) is 25.7 Å². The van der Waals surface area contributed by atoms with Crippen molar-refractivity contribution in [3.63, 3.8) is 0 Å². The van der Waals surface area contributed by atoms with Crippen molar-refractivity contribution in [2.24, 2.45) is 5.92 Å². The maximum Gasteiger partial charge on any atom is 0.472 e. The summed E-state index contributed by atoms with van der Waals surface area (Å²) in [6.07, 6.45) is 41.9. The molecule has 0 aliphatic rings. The minimum absolute atomic E-state index is 0.106. The van der Waals surface area contributed by atoms with Crippen LogP contribution in [0.2, 0.25) is 0 Å². The van der Waals surface area contributed by atoms with E-state index < -0.39 is 97.5 Å². The number of phosphoric acid groups is 2. The number of esters is 4. The van der Waals surface area contributed by atoms with Gasteiger partial charge in [0, 0.05) is 25.7 Å². The molecule has 0 aliphatic carbocycles. The van der Waals surface area contributed by atoms with Crippen LogP contribution in [0, 0.1) is 5.92 Å². The lowest BCUT2D eigenvalue weighted by atomic mass is 10.0. The SMILES string of the molecule is CCCCCCCCCCCCCCCCC(=O)O[C@H](COC(=O)CCCCCCCCCCCC(C)C)COP(=O)(O)OC[C@@H](O)COP(=O)(O)OC[C@@H](COC(=O)CCCCCCC)OC(=O)CCCCCCCCCCCCCC. The summed E-state index contributed by atoms with van der Waals surface area (Å²) in [4.78, 5) is 72.0. The summed E-state index contributed by atoms with van der Waals surface area (Å²) in [5.41, 5.74) is 0. The Balaban J connectivity index is 5.17. The Kier molecular flexibility index (Phi) is 56.4. The van der Waals surface area contributed by atoms with Crippen LogP contribution in [-0.2, 0) is 65.4 Å². The van der Waals surface area contributed by atoms with Crippen LogP contribution in [0.4, 0.5) is 0 Å². The molecule has 0 aromatic carbocycles. The van der Waals surface area contributed by atoms with Gasteiger partial charge in [-0.25, -0.2) is 9.13 Å². The number of carbonyl (C=O) groups excluding carboxylic acids is 4. The number of unbranched alkanes of at least 4 members (excludes halogenated alkanes) is 36. The lowest BCUT2D eigenvalue weighted by molar-refractivity contribution is -0.161. The molecule has 0 saturated carbocycles. The number of hydrogen-bond donors (Lipinski definition) is 3. The van der Waals surface area contributed by atoms with Crippen molar-refractivity contribution in [1.29, 1.82) is 0 Å². The molecular formula is C64H124O17P2. The molecular weight excluding hydrogens is 1100 g/mol. The fourth-order valence-corrected chi connectivity index (χ4v) is 11.2. The topological polar surface area (TPSA) is 237 Å². The number of phosphoric ester groups is 2. The molecule has 0 saturated heterocycles. The smallest absolute Gasteiger partial charge is 0.462 e. The second-order valence-electron chi connectivity index (χ2n) is 23.6. The van der Waals surface area contributed by atoms with Crippen molar-refractivity contribution >= 4 is 39.5 Å². The van der Waals surface area contributed by atoms with Gasteiger partial charge in [0.2, 0.25) is 0 Å². The summed E-state index contributed by atoms with van der Waals surface area (Å²) in [7, 11) is -9.88. The van der Waals surface area contributed by atoms with E-state index in [2.05, 4.69) is 34.6 Å². The molecule has 492 valence electrons. The van der Waals surface area contributed by atoms with Gasteiger partial charge >= 0.3 is 39.5 Å². The van der Waals surface area contributed by atoms with Gasteiger partial charge in [0.05, 0.1) is 26.4 Å². The van der Waals surface area contributed by atoms with E-state index in [1.165, 1.54) is 141 Å². The number of ether oxygens (including phenoxy) is 4. The normalized spacial score (nSPS) is 14.2. The second kappa shape index (κ2) is 57.8. The van der Waals surface area contributed by atoms with Gasteiger partial charge in [-0.05, 0) is 31.6 Å². The van der Waals surface area contributed by atoms with E-state index >= 15 is 0 Å². The molecule has 0 bridgehead atoms. The predicted molar refractivity (Wildman–Crippen MR) is 331 cm³/mol. The zero-order chi connectivity index (χ0) is 61.3. The average molecular weight is 1230 g/mol. The summed E-state index contributed by atoms with van der Waals surface area (Å²) in [5, 5.41) is 10.5. The van der Waals surface area contributed by atoms with Crippen LogP contribution >= 0.6 is 15.6 Å². The van der Waals surface area contributed by atoms with Crippen molar-refractivity contribution < 1.29 is 80.2 Å². The third kappa shape index (κ3) is 58.8. The molecule has 3 N–H and O–H groups in total. The van der Waals surface area contributed by atoms with Crippen LogP contribution in [0.15, 0.2) is 0 Å². The molecule has 0 aromatic rings. The van der Waals surface area contributed by atoms with Crippen LogP contribution in [0.3, 0.4) is 0 Å². The van der Waals surface area contributed by atoms with Crippen molar-refractivity contribution in [2.45, 2.75) is 342 Å². The highest BCUT2D eigenvalue weighted by Gasteiger charge is 2.30. The number of carbonyl (C=O) groups is 4. The third-order valence-electron chi connectivity index (χ3n) is 14.8. The Hall–Kier alpha value is -1.94. The van der Waals surface area contributed by atoms with Crippen LogP contribution < -0.4 is 0 Å². The number of aliphatic hydroxyl groups is 1. The molecule has 0 rings (SSSR count). The minimum Gasteiger partial charge on any atom is -0.462 e. The fraction of sp³-hybridized carbons (Fsp3) is 0.938. The van der Waals surface area contributed by atoms with Crippen molar-refractivity contribution in [1.82, 2.24) is 0 Å². The van der Waals surface area contributed by atoms with Gasteiger partial charge < -0.3 is 33.8 Å². The molecule has 5 atom stereocenters. The number of rotatable bonds is 64. The molecule has 0 spiro atoms. The summed E-state index contributed by atoms with van der Waals surface area (Å²) in [6.45, 7) is 7.10. The summed E-state index contributed by atoms with van der Waals surface area (Å²) < 4.78 is 67.8. The molecule has 0 aromatic heterocycles. The Morgan fingerprint density at radius 1 is 0.325 bits per heavy atom. The maximum absolute atomic E-state index is 13.0. The highest BCUT2D eigenvalue weighted by atomic mass is 31.2. The zero-order valence-electron chi connectivity index (χ0n) is 53.3. The van der Waals surface area contributed by atoms with Crippen LogP contribution in [-0.4, -0.2) is 96.7 Å². The molecule has 2 unspecified atom stereocenters. The van der Waals surface area contributed by atoms with Gasteiger partial charge in [-0.3, -0.25) is 37.3 Å². The predicted octanol–water partition coefficient (Wildman–Crippen LogP) is 17.8. The first-order valence-corrected chi connectivity index (χ1v) is 36.6. The monoisotopic (exact) mass is 1230 g/mol. The minimum atomic E-state index is -4.94. The Morgan fingerprint density at radius 3 is 0.819 bits per heavy atom. The lowest BCUT2D eigenvalue weighted by Gasteiger charge is -2.21. The molecule has 17 nitrogen and oxygen atoms in total. The first kappa shape index (κ1) is 81.1. The van der Waals surface area contributed by atoms with E-state index in [1.54, 1.807) is 0 Å². The van der Waals surface area contributed by atoms with Crippen LogP contribution in [0.25, 0.3) is 0 Å². The number of hydrogen-bond acceptors (Lipinski definition) is 15. The van der Waals surface area contributed by atoms with E-state index in [4.69, 9.17) is 37.0 Å². The molecule has 0 radical (unpaired) electrons. The molecule has 0 aliphatic heterocycles.